The summed E-state index contributed by atoms with van der Waals surface area (Å²) in [5.41, 5.74) is 0.448. The molecule has 0 fully saturated rings. The molecular formula is C9H22N2O6S. The first-order valence-corrected chi connectivity index (χ1v) is 5.97. The van der Waals surface area contributed by atoms with Crippen LogP contribution in [0.2, 0.25) is 0 Å². The molecule has 0 radical (unpaired) electrons. The van der Waals surface area contributed by atoms with Crippen LogP contribution in [0, 0.1) is 0 Å². The SMILES string of the molecule is C=C(C)C(=O)OCCN(C)C.COS(=O)(=O)O.N. The van der Waals surface area contributed by atoms with Crippen molar-refractivity contribution >= 4 is 16.4 Å². The third-order valence-electron chi connectivity index (χ3n) is 1.33. The molecule has 9 heteroatoms. The Morgan fingerprint density at radius 3 is 2.00 bits per heavy atom. The van der Waals surface area contributed by atoms with E-state index < -0.39 is 10.4 Å². The predicted molar refractivity (Wildman–Crippen MR) is 67.9 cm³/mol. The third kappa shape index (κ3) is 20.4. The van der Waals surface area contributed by atoms with E-state index >= 15 is 0 Å². The molecule has 0 amide bonds. The van der Waals surface area contributed by atoms with Crippen LogP contribution >= 0.6 is 0 Å². The second-order valence-electron chi connectivity index (χ2n) is 3.31. The van der Waals surface area contributed by atoms with Gasteiger partial charge >= 0.3 is 16.4 Å². The summed E-state index contributed by atoms with van der Waals surface area (Å²) in [4.78, 5) is 12.7. The van der Waals surface area contributed by atoms with Crippen LogP contribution in [0.3, 0.4) is 0 Å². The third-order valence-corrected chi connectivity index (χ3v) is 1.75. The van der Waals surface area contributed by atoms with E-state index in [9.17, 15) is 13.2 Å². The molecule has 0 aromatic heterocycles. The molecule has 8 nitrogen and oxygen atoms in total. The molecule has 0 aromatic rings. The van der Waals surface area contributed by atoms with Crippen molar-refractivity contribution in [3.8, 4) is 0 Å². The number of carbonyl (C=O) groups excluding carboxylic acids is 1. The van der Waals surface area contributed by atoms with Gasteiger partial charge in [-0.3, -0.25) is 8.74 Å². The van der Waals surface area contributed by atoms with Crippen LogP contribution in [0.4, 0.5) is 0 Å². The summed E-state index contributed by atoms with van der Waals surface area (Å²) < 4.78 is 34.5. The Kier molecular flexibility index (Phi) is 13.7. The highest BCUT2D eigenvalue weighted by molar-refractivity contribution is 7.80. The number of esters is 1. The van der Waals surface area contributed by atoms with Crippen LogP contribution in [-0.2, 0) is 24.1 Å². The van der Waals surface area contributed by atoms with Gasteiger partial charge in [-0.1, -0.05) is 6.58 Å². The Morgan fingerprint density at radius 2 is 1.78 bits per heavy atom. The van der Waals surface area contributed by atoms with Gasteiger partial charge in [-0.25, -0.2) is 4.79 Å². The zero-order valence-electron chi connectivity index (χ0n) is 11.2. The molecule has 0 bridgehead atoms. The van der Waals surface area contributed by atoms with Gasteiger partial charge in [0, 0.05) is 12.1 Å². The topological polar surface area (TPSA) is 128 Å². The van der Waals surface area contributed by atoms with Gasteiger partial charge in [-0.05, 0) is 21.0 Å². The predicted octanol–water partition coefficient (Wildman–Crippen LogP) is 0.265. The first-order valence-electron chi connectivity index (χ1n) is 4.60. The quantitative estimate of drug-likeness (QED) is 0.418. The Balaban J connectivity index is -0.000000277. The van der Waals surface area contributed by atoms with Crippen molar-refractivity contribution in [3.63, 3.8) is 0 Å². The summed E-state index contributed by atoms with van der Waals surface area (Å²) in [5, 5.41) is 0. The number of rotatable bonds is 5. The molecule has 0 unspecified atom stereocenters. The lowest BCUT2D eigenvalue weighted by Gasteiger charge is -2.09. The van der Waals surface area contributed by atoms with Crippen LogP contribution in [-0.4, -0.2) is 58.2 Å². The molecule has 0 aliphatic carbocycles. The van der Waals surface area contributed by atoms with E-state index in [1.807, 2.05) is 19.0 Å². The molecule has 0 rings (SSSR count). The number of likely N-dealkylation sites (N-methyl/N-ethyl adjacent to an activating group) is 1. The van der Waals surface area contributed by atoms with Crippen molar-refractivity contribution in [2.75, 3.05) is 34.4 Å². The number of carbonyl (C=O) groups is 1. The molecule has 0 heterocycles. The summed E-state index contributed by atoms with van der Waals surface area (Å²) in [6.45, 7) is 6.28. The second kappa shape index (κ2) is 11.1. The molecule has 0 spiro atoms. The lowest BCUT2D eigenvalue weighted by atomic mass is 10.4. The monoisotopic (exact) mass is 286 g/mol. The maximum absolute atomic E-state index is 10.8. The zero-order chi connectivity index (χ0) is 14.1. The van der Waals surface area contributed by atoms with E-state index in [2.05, 4.69) is 10.8 Å². The van der Waals surface area contributed by atoms with Gasteiger partial charge in [-0.15, -0.1) is 0 Å². The maximum atomic E-state index is 10.8. The highest BCUT2D eigenvalue weighted by Crippen LogP contribution is 1.91. The summed E-state index contributed by atoms with van der Waals surface area (Å²) in [7, 11) is 0.559. The Bertz CT molecular complexity index is 339. The first-order chi connectivity index (χ1) is 7.60. The molecule has 110 valence electrons. The lowest BCUT2D eigenvalue weighted by Crippen LogP contribution is -2.20. The van der Waals surface area contributed by atoms with Gasteiger partial charge in [0.05, 0.1) is 7.11 Å². The highest BCUT2D eigenvalue weighted by Gasteiger charge is 2.01. The molecule has 0 aromatic carbocycles. The summed E-state index contributed by atoms with van der Waals surface area (Å²) in [6, 6.07) is 0. The van der Waals surface area contributed by atoms with Gasteiger partial charge in [0.1, 0.15) is 6.61 Å². The highest BCUT2D eigenvalue weighted by atomic mass is 32.3. The van der Waals surface area contributed by atoms with Gasteiger partial charge in [0.2, 0.25) is 0 Å². The largest absolute Gasteiger partial charge is 0.461 e. The Hall–Kier alpha value is -1.00. The van der Waals surface area contributed by atoms with Gasteiger partial charge < -0.3 is 15.8 Å². The van der Waals surface area contributed by atoms with Crippen molar-refractivity contribution in [2.45, 2.75) is 6.92 Å². The number of ether oxygens (including phenoxy) is 1. The fraction of sp³-hybridized carbons (Fsp3) is 0.667. The molecule has 0 aliphatic heterocycles. The number of nitrogens with zero attached hydrogens (tertiary/aromatic N) is 1. The molecule has 0 atom stereocenters. The molecule has 0 saturated carbocycles. The van der Waals surface area contributed by atoms with E-state index in [1.165, 1.54) is 0 Å². The van der Waals surface area contributed by atoms with Crippen LogP contribution in [0.15, 0.2) is 12.2 Å². The van der Waals surface area contributed by atoms with E-state index in [0.717, 1.165) is 13.7 Å². The van der Waals surface area contributed by atoms with E-state index in [-0.39, 0.29) is 12.1 Å². The first kappa shape index (κ1) is 22.2. The summed E-state index contributed by atoms with van der Waals surface area (Å²) in [6.07, 6.45) is 0. The van der Waals surface area contributed by atoms with Crippen LogP contribution in [0.5, 0.6) is 0 Å². The van der Waals surface area contributed by atoms with Crippen LogP contribution in [0.1, 0.15) is 6.92 Å². The standard InChI is InChI=1S/C8H15NO2.CH4O4S.H3N/c1-7(2)8(10)11-6-5-9(3)4;1-5-6(2,3)4;/h1,5-6H2,2-4H3;1H3,(H,2,3,4);1H3. The van der Waals surface area contributed by atoms with Crippen molar-refractivity contribution in [1.82, 2.24) is 11.1 Å². The average molecular weight is 286 g/mol. The Morgan fingerprint density at radius 1 is 1.39 bits per heavy atom. The molecule has 4 N–H and O–H groups in total. The van der Waals surface area contributed by atoms with Crippen LogP contribution in [0.25, 0.3) is 0 Å². The minimum Gasteiger partial charge on any atom is -0.461 e. The second-order valence-corrected chi connectivity index (χ2v) is 4.50. The minimum absolute atomic E-state index is 0. The van der Waals surface area contributed by atoms with Crippen LogP contribution < -0.4 is 6.15 Å². The van der Waals surface area contributed by atoms with Crippen molar-refractivity contribution in [3.05, 3.63) is 12.2 Å². The smallest absolute Gasteiger partial charge is 0.397 e. The summed E-state index contributed by atoms with van der Waals surface area (Å²) >= 11 is 0. The minimum atomic E-state index is -4.16. The molecular weight excluding hydrogens is 264 g/mol. The van der Waals surface area contributed by atoms with Crippen molar-refractivity contribution < 1.29 is 26.7 Å². The fourth-order valence-corrected chi connectivity index (χ4v) is 0.444. The Labute approximate surface area is 108 Å². The van der Waals surface area contributed by atoms with E-state index in [4.69, 9.17) is 9.29 Å². The molecule has 18 heavy (non-hydrogen) atoms. The molecule has 0 aliphatic rings. The maximum Gasteiger partial charge on any atom is 0.397 e. The average Bonchev–Trinajstić information content (AvgIpc) is 2.16. The fourth-order valence-electron chi connectivity index (χ4n) is 0.444. The van der Waals surface area contributed by atoms with Crippen molar-refractivity contribution in [1.29, 1.82) is 0 Å². The van der Waals surface area contributed by atoms with Gasteiger partial charge in [0.25, 0.3) is 0 Å². The van der Waals surface area contributed by atoms with E-state index in [0.29, 0.717) is 12.2 Å². The van der Waals surface area contributed by atoms with E-state index in [1.54, 1.807) is 6.92 Å². The summed E-state index contributed by atoms with van der Waals surface area (Å²) in [5.74, 6) is -0.313. The zero-order valence-corrected chi connectivity index (χ0v) is 12.0. The van der Waals surface area contributed by atoms with Gasteiger partial charge in [-0.2, -0.15) is 8.42 Å². The lowest BCUT2D eigenvalue weighted by molar-refractivity contribution is -0.139. The van der Waals surface area contributed by atoms with Gasteiger partial charge in [0.15, 0.2) is 0 Å². The molecule has 0 saturated heterocycles. The normalized spacial score (nSPS) is 9.89. The number of hydrogen-bond acceptors (Lipinski definition) is 7. The van der Waals surface area contributed by atoms with Crippen molar-refractivity contribution in [2.24, 2.45) is 0 Å². The number of hydrogen-bond donors (Lipinski definition) is 2.